The van der Waals surface area contributed by atoms with Gasteiger partial charge < -0.3 is 20.3 Å². The monoisotopic (exact) mass is 426 g/mol. The summed E-state index contributed by atoms with van der Waals surface area (Å²) in [6, 6.07) is 0. The van der Waals surface area contributed by atoms with Gasteiger partial charge in [-0.3, -0.25) is 4.99 Å². The fourth-order valence-corrected chi connectivity index (χ4v) is 2.37. The topological polar surface area (TPSA) is 48.9 Å². The van der Waals surface area contributed by atoms with E-state index in [4.69, 9.17) is 4.74 Å². The van der Waals surface area contributed by atoms with Gasteiger partial charge in [-0.05, 0) is 44.7 Å². The van der Waals surface area contributed by atoms with Crippen molar-refractivity contribution in [2.24, 2.45) is 16.3 Å². The first-order valence-corrected chi connectivity index (χ1v) is 8.10. The van der Waals surface area contributed by atoms with Crippen LogP contribution >= 0.6 is 24.0 Å². The highest BCUT2D eigenvalue weighted by molar-refractivity contribution is 14.0. The molecule has 0 heterocycles. The van der Waals surface area contributed by atoms with E-state index in [-0.39, 0.29) is 29.4 Å². The lowest BCUT2D eigenvalue weighted by molar-refractivity contribution is 0.123. The summed E-state index contributed by atoms with van der Waals surface area (Å²) in [7, 11) is 6.03. The molecule has 0 aliphatic heterocycles. The molecule has 0 aromatic rings. The average Bonchev–Trinajstić information content (AvgIpc) is 3.19. The van der Waals surface area contributed by atoms with Crippen LogP contribution in [0.1, 0.15) is 33.1 Å². The second kappa shape index (κ2) is 11.5. The Bertz CT molecular complexity index is 317. The molecule has 22 heavy (non-hydrogen) atoms. The standard InChI is InChI=1S/C16H34N4O.HI/c1-16(2,13-20(4)5)12-19-15(17-3)18-9-6-10-21-11-14-7-8-14;/h14H,6-13H2,1-5H3,(H2,17,18,19);1H. The summed E-state index contributed by atoms with van der Waals surface area (Å²) in [5.41, 5.74) is 0.217. The van der Waals surface area contributed by atoms with Crippen molar-refractivity contribution in [2.75, 3.05) is 54.0 Å². The van der Waals surface area contributed by atoms with E-state index in [1.54, 1.807) is 0 Å². The molecule has 0 bridgehead atoms. The molecule has 0 aromatic heterocycles. The third-order valence-electron chi connectivity index (χ3n) is 3.51. The first-order chi connectivity index (χ1) is 9.93. The number of guanidine groups is 1. The van der Waals surface area contributed by atoms with E-state index in [9.17, 15) is 0 Å². The maximum absolute atomic E-state index is 5.63. The summed E-state index contributed by atoms with van der Waals surface area (Å²) in [4.78, 5) is 6.48. The van der Waals surface area contributed by atoms with Crippen molar-refractivity contribution < 1.29 is 4.74 Å². The number of nitrogens with zero attached hydrogens (tertiary/aromatic N) is 2. The average molecular weight is 426 g/mol. The van der Waals surface area contributed by atoms with Crippen LogP contribution in [-0.4, -0.2) is 64.9 Å². The van der Waals surface area contributed by atoms with Gasteiger partial charge in [-0.25, -0.2) is 0 Å². The van der Waals surface area contributed by atoms with Crippen LogP contribution in [0.3, 0.4) is 0 Å². The van der Waals surface area contributed by atoms with Crippen LogP contribution in [0.25, 0.3) is 0 Å². The number of rotatable bonds is 10. The molecule has 1 saturated carbocycles. The second-order valence-electron chi connectivity index (χ2n) is 7.13. The molecule has 1 aliphatic rings. The van der Waals surface area contributed by atoms with Crippen LogP contribution in [0.2, 0.25) is 0 Å². The minimum absolute atomic E-state index is 0. The maximum atomic E-state index is 5.63. The predicted molar refractivity (Wildman–Crippen MR) is 105 cm³/mol. The van der Waals surface area contributed by atoms with Gasteiger partial charge in [0.1, 0.15) is 0 Å². The van der Waals surface area contributed by atoms with Crippen LogP contribution in [-0.2, 0) is 4.74 Å². The predicted octanol–water partition coefficient (Wildman–Crippen LogP) is 2.17. The molecule has 0 radical (unpaired) electrons. The Hall–Kier alpha value is -0.0800. The smallest absolute Gasteiger partial charge is 0.190 e. The number of halogens is 1. The van der Waals surface area contributed by atoms with Gasteiger partial charge in [-0.1, -0.05) is 13.8 Å². The SMILES string of the molecule is CN=C(NCCCOCC1CC1)NCC(C)(C)CN(C)C.I. The number of ether oxygens (including phenoxy) is 1. The van der Waals surface area contributed by atoms with E-state index in [0.717, 1.165) is 51.1 Å². The third kappa shape index (κ3) is 11.5. The Kier molecular flexibility index (Phi) is 11.4. The summed E-state index contributed by atoms with van der Waals surface area (Å²) in [5, 5.41) is 6.75. The molecule has 6 heteroatoms. The highest BCUT2D eigenvalue weighted by Gasteiger charge is 2.21. The Morgan fingerprint density at radius 1 is 1.27 bits per heavy atom. The Morgan fingerprint density at radius 3 is 2.50 bits per heavy atom. The van der Waals surface area contributed by atoms with Gasteiger partial charge in [0, 0.05) is 39.9 Å². The molecule has 2 N–H and O–H groups in total. The van der Waals surface area contributed by atoms with Crippen LogP contribution in [0.4, 0.5) is 0 Å². The molecular formula is C16H35IN4O. The summed E-state index contributed by atoms with van der Waals surface area (Å²) in [5.74, 6) is 1.73. The molecule has 0 spiro atoms. The normalized spacial score (nSPS) is 15.6. The molecule has 0 unspecified atom stereocenters. The summed E-state index contributed by atoms with van der Waals surface area (Å²) < 4.78 is 5.63. The van der Waals surface area contributed by atoms with Crippen molar-refractivity contribution >= 4 is 29.9 Å². The van der Waals surface area contributed by atoms with Crippen molar-refractivity contribution in [3.8, 4) is 0 Å². The third-order valence-corrected chi connectivity index (χ3v) is 3.51. The molecule has 0 aromatic carbocycles. The highest BCUT2D eigenvalue weighted by Crippen LogP contribution is 2.28. The minimum Gasteiger partial charge on any atom is -0.381 e. The highest BCUT2D eigenvalue weighted by atomic mass is 127. The Morgan fingerprint density at radius 2 is 1.95 bits per heavy atom. The first-order valence-electron chi connectivity index (χ1n) is 8.10. The summed E-state index contributed by atoms with van der Waals surface area (Å²) in [6.07, 6.45) is 3.74. The molecule has 1 aliphatic carbocycles. The minimum atomic E-state index is 0. The zero-order valence-corrected chi connectivity index (χ0v) is 17.3. The molecule has 1 fully saturated rings. The molecule has 1 rings (SSSR count). The van der Waals surface area contributed by atoms with Crippen LogP contribution in [0, 0.1) is 11.3 Å². The molecule has 0 amide bonds. The van der Waals surface area contributed by atoms with Crippen molar-refractivity contribution in [1.29, 1.82) is 0 Å². The number of hydrogen-bond donors (Lipinski definition) is 2. The second-order valence-corrected chi connectivity index (χ2v) is 7.13. The molecule has 132 valence electrons. The zero-order valence-electron chi connectivity index (χ0n) is 14.9. The van der Waals surface area contributed by atoms with Gasteiger partial charge in [0.25, 0.3) is 0 Å². The lowest BCUT2D eigenvalue weighted by Gasteiger charge is -2.29. The molecule has 0 saturated heterocycles. The van der Waals surface area contributed by atoms with E-state index in [1.807, 2.05) is 7.05 Å². The Balaban J connectivity index is 0.00000441. The van der Waals surface area contributed by atoms with Gasteiger partial charge in [0.2, 0.25) is 0 Å². The number of aliphatic imine (C=N–C) groups is 1. The van der Waals surface area contributed by atoms with Crippen LogP contribution < -0.4 is 10.6 Å². The molecule has 0 atom stereocenters. The van der Waals surface area contributed by atoms with Crippen molar-refractivity contribution in [3.63, 3.8) is 0 Å². The quantitative estimate of drug-likeness (QED) is 0.243. The molecular weight excluding hydrogens is 391 g/mol. The van der Waals surface area contributed by atoms with Crippen LogP contribution in [0.15, 0.2) is 4.99 Å². The van der Waals surface area contributed by atoms with E-state index in [1.165, 1.54) is 12.8 Å². The summed E-state index contributed by atoms with van der Waals surface area (Å²) in [6.45, 7) is 9.17. The van der Waals surface area contributed by atoms with E-state index in [2.05, 4.69) is 48.5 Å². The van der Waals surface area contributed by atoms with Crippen molar-refractivity contribution in [3.05, 3.63) is 0 Å². The first kappa shape index (κ1) is 21.9. The zero-order chi connectivity index (χ0) is 15.7. The lowest BCUT2D eigenvalue weighted by atomic mass is 9.93. The van der Waals surface area contributed by atoms with E-state index in [0.29, 0.717) is 0 Å². The van der Waals surface area contributed by atoms with Gasteiger partial charge in [0.05, 0.1) is 0 Å². The fourth-order valence-electron chi connectivity index (χ4n) is 2.37. The van der Waals surface area contributed by atoms with Gasteiger partial charge in [-0.15, -0.1) is 24.0 Å². The van der Waals surface area contributed by atoms with Crippen LogP contribution in [0.5, 0.6) is 0 Å². The number of hydrogen-bond acceptors (Lipinski definition) is 3. The number of nitrogens with one attached hydrogen (secondary N) is 2. The Labute approximate surface area is 153 Å². The van der Waals surface area contributed by atoms with Crippen molar-refractivity contribution in [1.82, 2.24) is 15.5 Å². The van der Waals surface area contributed by atoms with Crippen molar-refractivity contribution in [2.45, 2.75) is 33.1 Å². The molecule has 5 nitrogen and oxygen atoms in total. The van der Waals surface area contributed by atoms with E-state index >= 15 is 0 Å². The lowest BCUT2D eigenvalue weighted by Crippen LogP contribution is -2.45. The fraction of sp³-hybridized carbons (Fsp3) is 0.938. The van der Waals surface area contributed by atoms with Gasteiger partial charge in [-0.2, -0.15) is 0 Å². The van der Waals surface area contributed by atoms with E-state index < -0.39 is 0 Å². The van der Waals surface area contributed by atoms with Gasteiger partial charge in [0.15, 0.2) is 5.96 Å². The van der Waals surface area contributed by atoms with Gasteiger partial charge >= 0.3 is 0 Å². The summed E-state index contributed by atoms with van der Waals surface area (Å²) >= 11 is 0. The largest absolute Gasteiger partial charge is 0.381 e. The maximum Gasteiger partial charge on any atom is 0.190 e.